The van der Waals surface area contributed by atoms with Crippen molar-refractivity contribution in [2.24, 2.45) is 0 Å². The van der Waals surface area contributed by atoms with E-state index in [0.717, 1.165) is 35.6 Å². The molecular formula is C25H25ClN2O2. The summed E-state index contributed by atoms with van der Waals surface area (Å²) in [7, 11) is 0. The number of nitrogens with zero attached hydrogens (tertiary/aromatic N) is 2. The smallest absolute Gasteiger partial charge is 0.153 e. The lowest BCUT2D eigenvalue weighted by Gasteiger charge is -2.17. The molecule has 0 fully saturated rings. The average Bonchev–Trinajstić information content (AvgIpc) is 3.11. The van der Waals surface area contributed by atoms with E-state index in [4.69, 9.17) is 26.1 Å². The fourth-order valence-corrected chi connectivity index (χ4v) is 3.74. The van der Waals surface area contributed by atoms with Crippen molar-refractivity contribution in [3.8, 4) is 11.5 Å². The molecule has 0 amide bonds. The number of fused-ring (bicyclic) bond motifs is 1. The van der Waals surface area contributed by atoms with Gasteiger partial charge in [-0.3, -0.25) is 0 Å². The van der Waals surface area contributed by atoms with Gasteiger partial charge < -0.3 is 14.0 Å². The molecule has 0 bridgehead atoms. The number of aromatic nitrogens is 2. The third-order valence-corrected chi connectivity index (χ3v) is 5.28. The summed E-state index contributed by atoms with van der Waals surface area (Å²) in [5, 5.41) is 0.631. The maximum Gasteiger partial charge on any atom is 0.153 e. The van der Waals surface area contributed by atoms with Crippen molar-refractivity contribution < 1.29 is 9.47 Å². The van der Waals surface area contributed by atoms with Gasteiger partial charge in [-0.25, -0.2) is 4.98 Å². The summed E-state index contributed by atoms with van der Waals surface area (Å²) in [5.74, 6) is 2.48. The Kier molecular flexibility index (Phi) is 6.24. The van der Waals surface area contributed by atoms with Crippen molar-refractivity contribution in [3.63, 3.8) is 0 Å². The van der Waals surface area contributed by atoms with Crippen LogP contribution in [0.1, 0.15) is 30.8 Å². The second-order valence-corrected chi connectivity index (χ2v) is 7.73. The lowest BCUT2D eigenvalue weighted by molar-refractivity contribution is 0.210. The average molecular weight is 421 g/mol. The van der Waals surface area contributed by atoms with E-state index in [-0.39, 0.29) is 6.10 Å². The van der Waals surface area contributed by atoms with Crippen LogP contribution in [0.3, 0.4) is 0 Å². The fraction of sp³-hybridized carbons (Fsp3) is 0.240. The quantitative estimate of drug-likeness (QED) is 0.301. The van der Waals surface area contributed by atoms with Crippen molar-refractivity contribution in [2.45, 2.75) is 32.9 Å². The van der Waals surface area contributed by atoms with Gasteiger partial charge in [0.25, 0.3) is 0 Å². The van der Waals surface area contributed by atoms with Crippen LogP contribution < -0.4 is 9.47 Å². The van der Waals surface area contributed by atoms with Crippen molar-refractivity contribution >= 4 is 22.6 Å². The number of benzene rings is 3. The van der Waals surface area contributed by atoms with Gasteiger partial charge in [0.15, 0.2) is 11.9 Å². The number of para-hydroxylation sites is 3. The van der Waals surface area contributed by atoms with E-state index in [2.05, 4.69) is 23.6 Å². The second-order valence-electron chi connectivity index (χ2n) is 7.32. The monoisotopic (exact) mass is 420 g/mol. The van der Waals surface area contributed by atoms with Crippen LogP contribution >= 0.6 is 11.6 Å². The number of hydrogen-bond donors (Lipinski definition) is 0. The summed E-state index contributed by atoms with van der Waals surface area (Å²) in [5.41, 5.74) is 3.24. The normalized spacial score (nSPS) is 12.1. The highest BCUT2D eigenvalue weighted by Gasteiger charge is 2.18. The molecule has 0 aliphatic carbocycles. The van der Waals surface area contributed by atoms with Gasteiger partial charge in [-0.2, -0.15) is 0 Å². The van der Waals surface area contributed by atoms with Gasteiger partial charge in [0.2, 0.25) is 0 Å². The third-order valence-electron chi connectivity index (χ3n) is 4.97. The van der Waals surface area contributed by atoms with Gasteiger partial charge in [0.05, 0.1) is 22.7 Å². The van der Waals surface area contributed by atoms with Crippen LogP contribution in [-0.2, 0) is 6.54 Å². The van der Waals surface area contributed by atoms with Crippen LogP contribution in [-0.4, -0.2) is 16.2 Å². The maximum atomic E-state index is 6.21. The molecule has 1 unspecified atom stereocenters. The first kappa shape index (κ1) is 20.3. The van der Waals surface area contributed by atoms with Crippen LogP contribution in [0.15, 0.2) is 72.8 Å². The molecule has 0 saturated heterocycles. The zero-order valence-electron chi connectivity index (χ0n) is 17.2. The molecule has 0 radical (unpaired) electrons. The molecule has 154 valence electrons. The van der Waals surface area contributed by atoms with E-state index in [9.17, 15) is 0 Å². The number of hydrogen-bond acceptors (Lipinski definition) is 3. The number of ether oxygens (including phenoxy) is 2. The van der Waals surface area contributed by atoms with Crippen LogP contribution in [0, 0.1) is 6.92 Å². The minimum Gasteiger partial charge on any atom is -0.492 e. The molecule has 5 heteroatoms. The summed E-state index contributed by atoms with van der Waals surface area (Å²) in [6.45, 7) is 5.46. The first-order valence-electron chi connectivity index (χ1n) is 10.2. The highest BCUT2D eigenvalue weighted by Crippen LogP contribution is 2.27. The van der Waals surface area contributed by atoms with E-state index in [1.54, 1.807) is 0 Å². The summed E-state index contributed by atoms with van der Waals surface area (Å²) in [6.07, 6.45) is 0.652. The van der Waals surface area contributed by atoms with E-state index in [1.165, 1.54) is 5.56 Å². The molecule has 0 N–H and O–H groups in total. The lowest BCUT2D eigenvalue weighted by Crippen LogP contribution is -2.13. The number of halogens is 1. The molecule has 0 saturated carbocycles. The predicted molar refractivity (Wildman–Crippen MR) is 122 cm³/mol. The molecule has 0 spiro atoms. The second kappa shape index (κ2) is 9.23. The Labute approximate surface area is 182 Å². The molecule has 3 aromatic carbocycles. The Hall–Kier alpha value is -2.98. The largest absolute Gasteiger partial charge is 0.492 e. The van der Waals surface area contributed by atoms with Crippen molar-refractivity contribution in [1.82, 2.24) is 9.55 Å². The van der Waals surface area contributed by atoms with Gasteiger partial charge >= 0.3 is 0 Å². The number of imidazole rings is 1. The Morgan fingerprint density at radius 1 is 1.00 bits per heavy atom. The molecule has 4 rings (SSSR count). The third kappa shape index (κ3) is 4.60. The highest BCUT2D eigenvalue weighted by molar-refractivity contribution is 6.32. The molecule has 4 nitrogen and oxygen atoms in total. The van der Waals surface area contributed by atoms with Gasteiger partial charge in [0.1, 0.15) is 11.5 Å². The van der Waals surface area contributed by atoms with E-state index < -0.39 is 0 Å². The fourth-order valence-electron chi connectivity index (χ4n) is 3.55. The van der Waals surface area contributed by atoms with Gasteiger partial charge in [-0.1, -0.05) is 48.0 Å². The topological polar surface area (TPSA) is 36.3 Å². The van der Waals surface area contributed by atoms with Crippen molar-refractivity contribution in [1.29, 1.82) is 0 Å². The Bertz CT molecular complexity index is 1140. The summed E-state index contributed by atoms with van der Waals surface area (Å²) < 4.78 is 14.3. The molecule has 0 aliphatic rings. The van der Waals surface area contributed by atoms with Crippen LogP contribution in [0.2, 0.25) is 5.02 Å². The number of rotatable bonds is 8. The molecule has 30 heavy (non-hydrogen) atoms. The Morgan fingerprint density at radius 3 is 2.63 bits per heavy atom. The van der Waals surface area contributed by atoms with Gasteiger partial charge in [-0.15, -0.1) is 0 Å². The van der Waals surface area contributed by atoms with E-state index in [0.29, 0.717) is 17.4 Å². The lowest BCUT2D eigenvalue weighted by atomic mass is 10.2. The molecule has 4 aromatic rings. The molecule has 1 heterocycles. The van der Waals surface area contributed by atoms with Gasteiger partial charge in [-0.05, 0) is 62.2 Å². The van der Waals surface area contributed by atoms with Crippen molar-refractivity contribution in [3.05, 3.63) is 89.2 Å². The van der Waals surface area contributed by atoms with E-state index >= 15 is 0 Å². The Balaban J connectivity index is 1.50. The first-order chi connectivity index (χ1) is 14.6. The Morgan fingerprint density at radius 2 is 1.80 bits per heavy atom. The predicted octanol–water partition coefficient (Wildman–Crippen LogP) is 6.61. The first-order valence-corrected chi connectivity index (χ1v) is 10.6. The zero-order chi connectivity index (χ0) is 20.9. The molecular weight excluding hydrogens is 396 g/mol. The van der Waals surface area contributed by atoms with Crippen LogP contribution in [0.4, 0.5) is 0 Å². The van der Waals surface area contributed by atoms with E-state index in [1.807, 2.05) is 67.6 Å². The molecule has 1 aromatic heterocycles. The highest BCUT2D eigenvalue weighted by atomic mass is 35.5. The zero-order valence-corrected chi connectivity index (χ0v) is 18.0. The van der Waals surface area contributed by atoms with Crippen LogP contribution in [0.25, 0.3) is 11.0 Å². The summed E-state index contributed by atoms with van der Waals surface area (Å²) >= 11 is 6.18. The minimum absolute atomic E-state index is 0.177. The van der Waals surface area contributed by atoms with Crippen molar-refractivity contribution in [2.75, 3.05) is 6.61 Å². The van der Waals surface area contributed by atoms with Crippen LogP contribution in [0.5, 0.6) is 11.5 Å². The van der Waals surface area contributed by atoms with Gasteiger partial charge in [0, 0.05) is 6.54 Å². The summed E-state index contributed by atoms with van der Waals surface area (Å²) in [4.78, 5) is 4.86. The minimum atomic E-state index is -0.177. The number of aryl methyl sites for hydroxylation is 2. The standard InChI is InChI=1S/C25H25ClN2O2/c1-18-9-7-10-20(17-18)30-19(2)25-27-22-12-4-5-13-23(22)28(25)15-8-16-29-24-14-6-3-11-21(24)26/h3-7,9-14,17,19H,8,15-16H2,1-2H3. The SMILES string of the molecule is Cc1cccc(OC(C)c2nc3ccccc3n2CCCOc2ccccc2Cl)c1. The molecule has 0 aliphatic heterocycles. The molecule has 1 atom stereocenters. The summed E-state index contributed by atoms with van der Waals surface area (Å²) in [6, 6.07) is 23.8. The maximum absolute atomic E-state index is 6.21.